The molecular weight excluding hydrogens is 432 g/mol. The maximum atomic E-state index is 12.6. The molecule has 0 aromatic heterocycles. The van der Waals surface area contributed by atoms with Crippen LogP contribution in [0.1, 0.15) is 18.4 Å². The van der Waals surface area contributed by atoms with Crippen molar-refractivity contribution in [1.29, 1.82) is 0 Å². The number of hydrogen-bond donors (Lipinski definition) is 1. The van der Waals surface area contributed by atoms with Crippen LogP contribution in [0.3, 0.4) is 0 Å². The molecule has 7 heteroatoms. The van der Waals surface area contributed by atoms with Gasteiger partial charge in [0.1, 0.15) is 0 Å². The lowest BCUT2D eigenvalue weighted by atomic mass is 10.1. The Bertz CT molecular complexity index is 862. The molecule has 0 amide bonds. The topological polar surface area (TPSA) is 49.4 Å². The van der Waals surface area contributed by atoms with E-state index >= 15 is 0 Å². The van der Waals surface area contributed by atoms with Crippen molar-refractivity contribution in [3.63, 3.8) is 0 Å². The normalized spacial score (nSPS) is 16.6. The quantitative estimate of drug-likeness (QED) is 0.708. The third kappa shape index (κ3) is 5.03. The first-order chi connectivity index (χ1) is 12.3. The molecule has 1 aliphatic rings. The first kappa shape index (κ1) is 19.7. The highest BCUT2D eigenvalue weighted by Crippen LogP contribution is 2.31. The molecule has 0 atom stereocenters. The van der Waals surface area contributed by atoms with Crippen LogP contribution in [0.25, 0.3) is 0 Å². The summed E-state index contributed by atoms with van der Waals surface area (Å²) in [5, 5.41) is 0.638. The summed E-state index contributed by atoms with van der Waals surface area (Å²) in [6.07, 6.45) is 2.39. The number of sulfonamides is 1. The fourth-order valence-electron chi connectivity index (χ4n) is 3.02. The lowest BCUT2D eigenvalue weighted by Crippen LogP contribution is -2.31. The van der Waals surface area contributed by atoms with Gasteiger partial charge >= 0.3 is 0 Å². The average Bonchev–Trinajstić information content (AvgIpc) is 2.58. The summed E-state index contributed by atoms with van der Waals surface area (Å²) in [4.78, 5) is 3.84. The molecule has 140 valence electrons. The number of nitrogens with zero attached hydrogens (tertiary/aromatic N) is 1. The first-order valence-corrected chi connectivity index (χ1v) is 11.7. The molecule has 0 radical (unpaired) electrons. The molecule has 3 rings (SSSR count). The van der Waals surface area contributed by atoms with Gasteiger partial charge in [0, 0.05) is 20.3 Å². The van der Waals surface area contributed by atoms with Gasteiger partial charge < -0.3 is 4.90 Å². The molecule has 4 nitrogen and oxygen atoms in total. The Morgan fingerprint density at radius 3 is 2.38 bits per heavy atom. The number of rotatable bonds is 5. The lowest BCUT2D eigenvalue weighted by molar-refractivity contribution is 0.282. The molecule has 1 aliphatic heterocycles. The number of halogens is 1. The Balaban J connectivity index is 1.67. The summed E-state index contributed by atoms with van der Waals surface area (Å²) in [5.74, 6) is 0. The number of aryl methyl sites for hydroxylation is 1. The van der Waals surface area contributed by atoms with E-state index in [2.05, 4.69) is 32.6 Å². The van der Waals surface area contributed by atoms with Crippen LogP contribution in [-0.2, 0) is 10.0 Å². The Kier molecular flexibility index (Phi) is 6.33. The summed E-state index contributed by atoms with van der Waals surface area (Å²) < 4.78 is 28.8. The SMILES string of the molecule is Cc1cc(Br)ccc1S(=O)(=O)Nc1ccc(SC2CCN(C)CC2)cc1. The second kappa shape index (κ2) is 8.33. The molecule has 2 aromatic rings. The third-order valence-electron chi connectivity index (χ3n) is 4.50. The van der Waals surface area contributed by atoms with Gasteiger partial charge in [0.05, 0.1) is 4.90 Å². The molecule has 1 fully saturated rings. The van der Waals surface area contributed by atoms with Crippen molar-refractivity contribution in [2.24, 2.45) is 0 Å². The van der Waals surface area contributed by atoms with Crippen LogP contribution >= 0.6 is 27.7 Å². The lowest BCUT2D eigenvalue weighted by Gasteiger charge is -2.28. The molecule has 0 unspecified atom stereocenters. The third-order valence-corrected chi connectivity index (χ3v) is 7.89. The van der Waals surface area contributed by atoms with Crippen LogP contribution in [0.2, 0.25) is 0 Å². The molecule has 0 aliphatic carbocycles. The predicted molar refractivity (Wildman–Crippen MR) is 113 cm³/mol. The highest BCUT2D eigenvalue weighted by Gasteiger charge is 2.19. The van der Waals surface area contributed by atoms with E-state index < -0.39 is 10.0 Å². The van der Waals surface area contributed by atoms with Crippen LogP contribution in [0.5, 0.6) is 0 Å². The summed E-state index contributed by atoms with van der Waals surface area (Å²) in [7, 11) is -1.43. The van der Waals surface area contributed by atoms with E-state index in [1.165, 1.54) is 17.7 Å². The molecule has 1 heterocycles. The van der Waals surface area contributed by atoms with Gasteiger partial charge in [0.2, 0.25) is 0 Å². The van der Waals surface area contributed by atoms with Crippen molar-refractivity contribution in [3.8, 4) is 0 Å². The van der Waals surface area contributed by atoms with E-state index in [0.29, 0.717) is 21.4 Å². The van der Waals surface area contributed by atoms with E-state index in [-0.39, 0.29) is 0 Å². The molecule has 0 saturated carbocycles. The highest BCUT2D eigenvalue weighted by atomic mass is 79.9. The Morgan fingerprint density at radius 1 is 1.12 bits per heavy atom. The summed E-state index contributed by atoms with van der Waals surface area (Å²) >= 11 is 5.25. The minimum Gasteiger partial charge on any atom is -0.306 e. The monoisotopic (exact) mass is 454 g/mol. The second-order valence-corrected chi connectivity index (χ2v) is 10.6. The summed E-state index contributed by atoms with van der Waals surface area (Å²) in [5.41, 5.74) is 1.29. The van der Waals surface area contributed by atoms with Crippen molar-refractivity contribution >= 4 is 43.4 Å². The molecular formula is C19H23BrN2O2S2. The fourth-order valence-corrected chi connectivity index (χ4v) is 5.91. The largest absolute Gasteiger partial charge is 0.306 e. The zero-order chi connectivity index (χ0) is 18.7. The highest BCUT2D eigenvalue weighted by molar-refractivity contribution is 9.10. The van der Waals surface area contributed by atoms with E-state index in [4.69, 9.17) is 0 Å². The van der Waals surface area contributed by atoms with Gasteiger partial charge in [-0.25, -0.2) is 8.42 Å². The Hall–Kier alpha value is -1.02. The maximum absolute atomic E-state index is 12.6. The molecule has 1 N–H and O–H groups in total. The summed E-state index contributed by atoms with van der Waals surface area (Å²) in [6.45, 7) is 4.07. The van der Waals surface area contributed by atoms with Crippen molar-refractivity contribution in [2.75, 3.05) is 24.9 Å². The van der Waals surface area contributed by atoms with Gasteiger partial charge in [0.25, 0.3) is 10.0 Å². The molecule has 0 spiro atoms. The number of nitrogens with one attached hydrogen (secondary N) is 1. The number of benzene rings is 2. The van der Waals surface area contributed by atoms with Gasteiger partial charge in [-0.3, -0.25) is 4.72 Å². The molecule has 2 aromatic carbocycles. The number of piperidine rings is 1. The molecule has 0 bridgehead atoms. The van der Waals surface area contributed by atoms with Crippen molar-refractivity contribution < 1.29 is 8.42 Å². The first-order valence-electron chi connectivity index (χ1n) is 8.58. The minimum atomic E-state index is -3.59. The van der Waals surface area contributed by atoms with Crippen molar-refractivity contribution in [3.05, 3.63) is 52.5 Å². The van der Waals surface area contributed by atoms with E-state index in [1.807, 2.05) is 36.0 Å². The van der Waals surface area contributed by atoms with Gasteiger partial charge in [0.15, 0.2) is 0 Å². The Morgan fingerprint density at radius 2 is 1.77 bits per heavy atom. The van der Waals surface area contributed by atoms with Crippen LogP contribution < -0.4 is 4.72 Å². The number of likely N-dealkylation sites (tertiary alicyclic amines) is 1. The zero-order valence-electron chi connectivity index (χ0n) is 14.9. The standard InChI is InChI=1S/C19H23BrN2O2S2/c1-14-13-15(20)3-8-19(14)26(23,24)21-16-4-6-17(7-5-16)25-18-9-11-22(2)12-10-18/h3-8,13,18,21H,9-12H2,1-2H3. The summed E-state index contributed by atoms with van der Waals surface area (Å²) in [6, 6.07) is 12.8. The smallest absolute Gasteiger partial charge is 0.262 e. The number of hydrogen-bond acceptors (Lipinski definition) is 4. The van der Waals surface area contributed by atoms with E-state index in [1.54, 1.807) is 25.1 Å². The predicted octanol–water partition coefficient (Wildman–Crippen LogP) is 4.74. The second-order valence-electron chi connectivity index (χ2n) is 6.66. The van der Waals surface area contributed by atoms with E-state index in [0.717, 1.165) is 17.6 Å². The average molecular weight is 455 g/mol. The maximum Gasteiger partial charge on any atom is 0.262 e. The van der Waals surface area contributed by atoms with Gasteiger partial charge in [-0.1, -0.05) is 15.9 Å². The van der Waals surface area contributed by atoms with Crippen LogP contribution in [0.4, 0.5) is 5.69 Å². The fraction of sp³-hybridized carbons (Fsp3) is 0.368. The van der Waals surface area contributed by atoms with E-state index in [9.17, 15) is 8.42 Å². The minimum absolute atomic E-state index is 0.297. The Labute approximate surface area is 168 Å². The van der Waals surface area contributed by atoms with Crippen molar-refractivity contribution in [2.45, 2.75) is 34.8 Å². The number of thioether (sulfide) groups is 1. The van der Waals surface area contributed by atoms with Crippen LogP contribution in [-0.4, -0.2) is 38.7 Å². The zero-order valence-corrected chi connectivity index (χ0v) is 18.1. The molecule has 26 heavy (non-hydrogen) atoms. The number of anilines is 1. The van der Waals surface area contributed by atoms with Gasteiger partial charge in [-0.2, -0.15) is 0 Å². The van der Waals surface area contributed by atoms with Gasteiger partial charge in [-0.05, 0) is 87.9 Å². The van der Waals surface area contributed by atoms with Crippen LogP contribution in [0, 0.1) is 6.92 Å². The van der Waals surface area contributed by atoms with Gasteiger partial charge in [-0.15, -0.1) is 11.8 Å². The molecule has 1 saturated heterocycles. The van der Waals surface area contributed by atoms with Crippen molar-refractivity contribution in [1.82, 2.24) is 4.90 Å². The van der Waals surface area contributed by atoms with Crippen LogP contribution in [0.15, 0.2) is 56.7 Å².